The van der Waals surface area contributed by atoms with Crippen LogP contribution in [0.1, 0.15) is 48.6 Å². The van der Waals surface area contributed by atoms with Gasteiger partial charge in [0.1, 0.15) is 10.6 Å². The van der Waals surface area contributed by atoms with Crippen LogP contribution in [0.4, 0.5) is 0 Å². The third-order valence-corrected chi connectivity index (χ3v) is 8.22. The van der Waals surface area contributed by atoms with Crippen LogP contribution < -0.4 is 9.46 Å². The highest BCUT2D eigenvalue weighted by Gasteiger charge is 2.30. The molecule has 0 radical (unpaired) electrons. The molecule has 0 bridgehead atoms. The molecular weight excluding hydrogens is 452 g/mol. The minimum atomic E-state index is -3.82. The summed E-state index contributed by atoms with van der Waals surface area (Å²) in [5, 5.41) is 4.54. The van der Waals surface area contributed by atoms with E-state index in [-0.39, 0.29) is 28.3 Å². The van der Waals surface area contributed by atoms with E-state index in [1.807, 2.05) is 13.8 Å². The number of carbonyl (C=O) groups is 1. The SMILES string of the molecule is CCOC(=O)c1nn2c(-c3ccc(OC)c(S(=O)(=O)N[C@H](C)C4CCC4)c3)c(C)nc2s1. The highest BCUT2D eigenvalue weighted by atomic mass is 32.2. The maximum atomic E-state index is 13.2. The van der Waals surface area contributed by atoms with Gasteiger partial charge in [0.2, 0.25) is 20.0 Å². The molecule has 2 aromatic heterocycles. The number of sulfonamides is 1. The highest BCUT2D eigenvalue weighted by molar-refractivity contribution is 7.89. The van der Waals surface area contributed by atoms with E-state index in [1.165, 1.54) is 7.11 Å². The van der Waals surface area contributed by atoms with Gasteiger partial charge >= 0.3 is 5.97 Å². The van der Waals surface area contributed by atoms with Crippen molar-refractivity contribution in [3.63, 3.8) is 0 Å². The summed E-state index contributed by atoms with van der Waals surface area (Å²) in [6, 6.07) is 4.79. The van der Waals surface area contributed by atoms with E-state index in [0.717, 1.165) is 30.6 Å². The Hall–Kier alpha value is -2.50. The fourth-order valence-electron chi connectivity index (χ4n) is 3.83. The second-order valence-corrected chi connectivity index (χ2v) is 10.5. The van der Waals surface area contributed by atoms with Gasteiger partial charge in [-0.05, 0) is 57.7 Å². The molecule has 32 heavy (non-hydrogen) atoms. The number of ether oxygens (including phenoxy) is 2. The number of nitrogens with one attached hydrogen (secondary N) is 1. The Labute approximate surface area is 190 Å². The van der Waals surface area contributed by atoms with Gasteiger partial charge in [0.05, 0.1) is 25.1 Å². The molecule has 1 aliphatic rings. The first-order valence-electron chi connectivity index (χ1n) is 10.5. The van der Waals surface area contributed by atoms with Crippen LogP contribution in [0.5, 0.6) is 5.75 Å². The summed E-state index contributed by atoms with van der Waals surface area (Å²) in [7, 11) is -2.37. The van der Waals surface area contributed by atoms with Gasteiger partial charge in [-0.25, -0.2) is 27.4 Å². The Bertz CT molecular complexity index is 1260. The van der Waals surface area contributed by atoms with Gasteiger partial charge in [-0.15, -0.1) is 5.10 Å². The summed E-state index contributed by atoms with van der Waals surface area (Å²) >= 11 is 1.12. The molecule has 9 nitrogen and oxygen atoms in total. The van der Waals surface area contributed by atoms with E-state index < -0.39 is 16.0 Å². The van der Waals surface area contributed by atoms with E-state index >= 15 is 0 Å². The second-order valence-electron chi connectivity index (χ2n) is 7.83. The van der Waals surface area contributed by atoms with Crippen LogP contribution in [0.15, 0.2) is 23.1 Å². The predicted molar refractivity (Wildman–Crippen MR) is 121 cm³/mol. The van der Waals surface area contributed by atoms with Crippen molar-refractivity contribution >= 4 is 32.3 Å². The maximum Gasteiger partial charge on any atom is 0.369 e. The highest BCUT2D eigenvalue weighted by Crippen LogP contribution is 2.34. The Balaban J connectivity index is 1.76. The lowest BCUT2D eigenvalue weighted by molar-refractivity contribution is 0.0524. The average Bonchev–Trinajstić information content (AvgIpc) is 3.22. The maximum absolute atomic E-state index is 13.2. The molecule has 1 aromatic carbocycles. The molecule has 1 atom stereocenters. The standard InChI is InChI=1S/C21H26N4O5S2/c1-5-30-20(26)19-23-25-18(13(3)22-21(25)31-19)15-9-10-16(29-4)17(11-15)32(27,28)24-12(2)14-7-6-8-14/h9-12,14,24H,5-8H2,1-4H3/t12-/m1/s1. The number of nitrogens with zero attached hydrogens (tertiary/aromatic N) is 3. The monoisotopic (exact) mass is 478 g/mol. The first-order valence-corrected chi connectivity index (χ1v) is 12.8. The third-order valence-electron chi connectivity index (χ3n) is 5.75. The number of methoxy groups -OCH3 is 1. The molecule has 172 valence electrons. The molecule has 0 amide bonds. The summed E-state index contributed by atoms with van der Waals surface area (Å²) in [6.45, 7) is 5.69. The summed E-state index contributed by atoms with van der Waals surface area (Å²) < 4.78 is 41.2. The molecule has 1 N–H and O–H groups in total. The third kappa shape index (κ3) is 4.12. The van der Waals surface area contributed by atoms with E-state index in [4.69, 9.17) is 9.47 Å². The normalized spacial score (nSPS) is 15.5. The van der Waals surface area contributed by atoms with Crippen LogP contribution in [-0.4, -0.2) is 48.7 Å². The molecule has 2 heterocycles. The molecule has 0 aliphatic heterocycles. The lowest BCUT2D eigenvalue weighted by Crippen LogP contribution is -2.40. The van der Waals surface area contributed by atoms with Crippen molar-refractivity contribution in [1.29, 1.82) is 0 Å². The number of hydrogen-bond donors (Lipinski definition) is 1. The van der Waals surface area contributed by atoms with Gasteiger partial charge in [0.15, 0.2) is 0 Å². The van der Waals surface area contributed by atoms with Gasteiger partial charge in [0, 0.05) is 11.6 Å². The molecule has 4 rings (SSSR count). The summed E-state index contributed by atoms with van der Waals surface area (Å²) in [5.41, 5.74) is 1.88. The van der Waals surface area contributed by atoms with Crippen LogP contribution in [0.25, 0.3) is 16.2 Å². The zero-order valence-electron chi connectivity index (χ0n) is 18.4. The van der Waals surface area contributed by atoms with Crippen molar-refractivity contribution in [2.24, 2.45) is 5.92 Å². The van der Waals surface area contributed by atoms with Gasteiger partial charge in [-0.3, -0.25) is 0 Å². The largest absolute Gasteiger partial charge is 0.495 e. The Morgan fingerprint density at radius 2 is 2.12 bits per heavy atom. The van der Waals surface area contributed by atoms with Crippen molar-refractivity contribution in [2.75, 3.05) is 13.7 Å². The van der Waals surface area contributed by atoms with Crippen LogP contribution >= 0.6 is 11.3 Å². The average molecular weight is 479 g/mol. The molecule has 1 saturated carbocycles. The zero-order chi connectivity index (χ0) is 23.0. The van der Waals surface area contributed by atoms with Gasteiger partial charge in [0.25, 0.3) is 0 Å². The Morgan fingerprint density at radius 3 is 2.75 bits per heavy atom. The topological polar surface area (TPSA) is 112 Å². The van der Waals surface area contributed by atoms with Crippen molar-refractivity contribution in [1.82, 2.24) is 19.3 Å². The minimum Gasteiger partial charge on any atom is -0.495 e. The lowest BCUT2D eigenvalue weighted by atomic mass is 9.81. The summed E-state index contributed by atoms with van der Waals surface area (Å²) in [6.07, 6.45) is 3.19. The first kappa shape index (κ1) is 22.7. The number of rotatable bonds is 8. The lowest BCUT2D eigenvalue weighted by Gasteiger charge is -2.31. The predicted octanol–water partition coefficient (Wildman–Crippen LogP) is 3.42. The molecule has 3 aromatic rings. The van der Waals surface area contributed by atoms with E-state index in [1.54, 1.807) is 29.6 Å². The molecule has 1 fully saturated rings. The second kappa shape index (κ2) is 8.80. The number of benzene rings is 1. The molecule has 0 spiro atoms. The van der Waals surface area contributed by atoms with E-state index in [2.05, 4.69) is 14.8 Å². The minimum absolute atomic E-state index is 0.0545. The van der Waals surface area contributed by atoms with Gasteiger partial charge in [-0.2, -0.15) is 0 Å². The van der Waals surface area contributed by atoms with Crippen LogP contribution in [-0.2, 0) is 14.8 Å². The van der Waals surface area contributed by atoms with E-state index in [9.17, 15) is 13.2 Å². The van der Waals surface area contributed by atoms with Gasteiger partial charge in [-0.1, -0.05) is 17.8 Å². The smallest absolute Gasteiger partial charge is 0.369 e. The van der Waals surface area contributed by atoms with Gasteiger partial charge < -0.3 is 9.47 Å². The molecular formula is C21H26N4O5S2. The molecule has 1 aliphatic carbocycles. The quantitative estimate of drug-likeness (QED) is 0.494. The fraction of sp³-hybridized carbons (Fsp3) is 0.476. The van der Waals surface area contributed by atoms with Crippen molar-refractivity contribution in [2.45, 2.75) is 51.0 Å². The van der Waals surface area contributed by atoms with Crippen molar-refractivity contribution < 1.29 is 22.7 Å². The van der Waals surface area contributed by atoms with Crippen molar-refractivity contribution in [3.05, 3.63) is 28.9 Å². The molecule has 0 unspecified atom stereocenters. The van der Waals surface area contributed by atoms with Crippen molar-refractivity contribution in [3.8, 4) is 17.0 Å². The number of carbonyl (C=O) groups excluding carboxylic acids is 1. The zero-order valence-corrected chi connectivity index (χ0v) is 20.0. The Kier molecular flexibility index (Phi) is 6.24. The summed E-state index contributed by atoms with van der Waals surface area (Å²) in [4.78, 5) is 17.2. The molecule has 0 saturated heterocycles. The summed E-state index contributed by atoms with van der Waals surface area (Å²) in [5.74, 6) is 0.0942. The van der Waals surface area contributed by atoms with E-state index in [0.29, 0.717) is 27.8 Å². The number of imidazole rings is 1. The number of aromatic nitrogens is 3. The number of fused-ring (bicyclic) bond motifs is 1. The van der Waals surface area contributed by atoms with Crippen LogP contribution in [0.3, 0.4) is 0 Å². The van der Waals surface area contributed by atoms with Crippen LogP contribution in [0, 0.1) is 12.8 Å². The fourth-order valence-corrected chi connectivity index (χ4v) is 6.18. The first-order chi connectivity index (χ1) is 15.2. The Morgan fingerprint density at radius 1 is 1.38 bits per heavy atom. The number of esters is 1. The number of hydrogen-bond acceptors (Lipinski definition) is 8. The van der Waals surface area contributed by atoms with Crippen LogP contribution in [0.2, 0.25) is 0 Å². The number of aryl methyl sites for hydroxylation is 1. The molecule has 11 heteroatoms.